The molecular weight excluding hydrogens is 286 g/mol. The minimum atomic E-state index is -3.47. The SMILES string of the molecule is Cc1ccc(S(=O)(=O)NCC2COc3ccccc32)cc1. The highest BCUT2D eigenvalue weighted by molar-refractivity contribution is 7.89. The van der Waals surface area contributed by atoms with Gasteiger partial charge in [-0.05, 0) is 25.1 Å². The second-order valence-electron chi connectivity index (χ2n) is 5.21. The summed E-state index contributed by atoms with van der Waals surface area (Å²) in [6.07, 6.45) is 0. The molecule has 0 saturated carbocycles. The molecule has 0 aliphatic carbocycles. The first kappa shape index (κ1) is 14.1. The third-order valence-electron chi connectivity index (χ3n) is 3.65. The zero-order chi connectivity index (χ0) is 14.9. The maximum absolute atomic E-state index is 12.3. The van der Waals surface area contributed by atoms with Crippen molar-refractivity contribution in [3.8, 4) is 5.75 Å². The van der Waals surface area contributed by atoms with E-state index in [9.17, 15) is 8.42 Å². The first-order chi connectivity index (χ1) is 10.1. The standard InChI is InChI=1S/C16H17NO3S/c1-12-6-8-14(9-7-12)21(18,19)17-10-13-11-20-16-5-3-2-4-15(13)16/h2-9,13,17H,10-11H2,1H3. The maximum Gasteiger partial charge on any atom is 0.240 e. The van der Waals surface area contributed by atoms with Crippen LogP contribution in [-0.2, 0) is 10.0 Å². The molecule has 0 aromatic heterocycles. The molecule has 0 bridgehead atoms. The molecule has 110 valence electrons. The Hall–Kier alpha value is -1.85. The van der Waals surface area contributed by atoms with Crippen LogP contribution < -0.4 is 9.46 Å². The highest BCUT2D eigenvalue weighted by Crippen LogP contribution is 2.33. The Morgan fingerprint density at radius 3 is 2.62 bits per heavy atom. The van der Waals surface area contributed by atoms with Crippen molar-refractivity contribution in [1.29, 1.82) is 0 Å². The molecule has 1 aliphatic rings. The average molecular weight is 303 g/mol. The van der Waals surface area contributed by atoms with Crippen LogP contribution in [0.2, 0.25) is 0 Å². The average Bonchev–Trinajstić information content (AvgIpc) is 2.89. The number of hydrogen-bond acceptors (Lipinski definition) is 3. The largest absolute Gasteiger partial charge is 0.493 e. The molecule has 1 heterocycles. The number of nitrogens with one attached hydrogen (secondary N) is 1. The predicted molar refractivity (Wildman–Crippen MR) is 81.0 cm³/mol. The lowest BCUT2D eigenvalue weighted by molar-refractivity contribution is 0.330. The van der Waals surface area contributed by atoms with E-state index in [-0.39, 0.29) is 5.92 Å². The molecule has 0 amide bonds. The van der Waals surface area contributed by atoms with Crippen molar-refractivity contribution in [3.63, 3.8) is 0 Å². The third kappa shape index (κ3) is 2.94. The van der Waals surface area contributed by atoms with Crippen molar-refractivity contribution >= 4 is 10.0 Å². The number of ether oxygens (including phenoxy) is 1. The van der Waals surface area contributed by atoms with Gasteiger partial charge in [0.1, 0.15) is 5.75 Å². The van der Waals surface area contributed by atoms with Crippen LogP contribution in [0.15, 0.2) is 53.4 Å². The number of hydrogen-bond donors (Lipinski definition) is 1. The van der Waals surface area contributed by atoms with Crippen LogP contribution in [0.5, 0.6) is 5.75 Å². The maximum atomic E-state index is 12.3. The molecule has 0 radical (unpaired) electrons. The molecule has 21 heavy (non-hydrogen) atoms. The van der Waals surface area contributed by atoms with Gasteiger partial charge in [-0.2, -0.15) is 0 Å². The van der Waals surface area contributed by atoms with E-state index in [2.05, 4.69) is 4.72 Å². The fraction of sp³-hybridized carbons (Fsp3) is 0.250. The normalized spacial score (nSPS) is 17.3. The quantitative estimate of drug-likeness (QED) is 0.944. The molecule has 1 N–H and O–H groups in total. The van der Waals surface area contributed by atoms with E-state index in [0.717, 1.165) is 16.9 Å². The van der Waals surface area contributed by atoms with E-state index >= 15 is 0 Å². The Kier molecular flexibility index (Phi) is 3.69. The van der Waals surface area contributed by atoms with E-state index in [1.54, 1.807) is 24.3 Å². The molecule has 1 aliphatic heterocycles. The van der Waals surface area contributed by atoms with Crippen LogP contribution >= 0.6 is 0 Å². The summed E-state index contributed by atoms with van der Waals surface area (Å²) in [5, 5.41) is 0. The zero-order valence-electron chi connectivity index (χ0n) is 11.7. The minimum absolute atomic E-state index is 0.0569. The summed E-state index contributed by atoms with van der Waals surface area (Å²) in [5.41, 5.74) is 2.09. The second kappa shape index (κ2) is 5.50. The van der Waals surface area contributed by atoms with E-state index in [1.807, 2.05) is 31.2 Å². The lowest BCUT2D eigenvalue weighted by Gasteiger charge is -2.11. The molecule has 0 fully saturated rings. The summed E-state index contributed by atoms with van der Waals surface area (Å²) in [5.74, 6) is 0.901. The summed E-state index contributed by atoms with van der Waals surface area (Å²) >= 11 is 0. The van der Waals surface area contributed by atoms with Crippen molar-refractivity contribution in [1.82, 2.24) is 4.72 Å². The van der Waals surface area contributed by atoms with Gasteiger partial charge in [-0.1, -0.05) is 35.9 Å². The van der Waals surface area contributed by atoms with Gasteiger partial charge in [0.25, 0.3) is 0 Å². The molecule has 4 nitrogen and oxygen atoms in total. The molecule has 1 unspecified atom stereocenters. The molecule has 0 saturated heterocycles. The Labute approximate surface area is 124 Å². The Morgan fingerprint density at radius 2 is 1.86 bits per heavy atom. The topological polar surface area (TPSA) is 55.4 Å². The Bertz CT molecular complexity index is 738. The summed E-state index contributed by atoms with van der Waals surface area (Å²) in [4.78, 5) is 0.292. The fourth-order valence-electron chi connectivity index (χ4n) is 2.41. The van der Waals surface area contributed by atoms with Crippen molar-refractivity contribution in [2.24, 2.45) is 0 Å². The van der Waals surface area contributed by atoms with Crippen molar-refractivity contribution in [2.75, 3.05) is 13.2 Å². The summed E-state index contributed by atoms with van der Waals surface area (Å²) < 4.78 is 32.8. The zero-order valence-corrected chi connectivity index (χ0v) is 12.6. The van der Waals surface area contributed by atoms with Crippen LogP contribution in [-0.4, -0.2) is 21.6 Å². The van der Waals surface area contributed by atoms with E-state index in [1.165, 1.54) is 0 Å². The Morgan fingerprint density at radius 1 is 1.14 bits per heavy atom. The van der Waals surface area contributed by atoms with Gasteiger partial charge in [0.15, 0.2) is 0 Å². The molecule has 1 atom stereocenters. The number of fused-ring (bicyclic) bond motifs is 1. The molecule has 3 rings (SSSR count). The Balaban J connectivity index is 1.72. The van der Waals surface area contributed by atoms with E-state index in [0.29, 0.717) is 18.0 Å². The smallest absolute Gasteiger partial charge is 0.240 e. The van der Waals surface area contributed by atoms with Crippen LogP contribution in [0.4, 0.5) is 0 Å². The molecule has 2 aromatic carbocycles. The van der Waals surface area contributed by atoms with Crippen LogP contribution in [0, 0.1) is 6.92 Å². The van der Waals surface area contributed by atoms with Crippen LogP contribution in [0.3, 0.4) is 0 Å². The van der Waals surface area contributed by atoms with Crippen molar-refractivity contribution in [3.05, 3.63) is 59.7 Å². The number of sulfonamides is 1. The van der Waals surface area contributed by atoms with E-state index < -0.39 is 10.0 Å². The van der Waals surface area contributed by atoms with Gasteiger partial charge in [0, 0.05) is 18.0 Å². The van der Waals surface area contributed by atoms with Crippen LogP contribution in [0.25, 0.3) is 0 Å². The molecule has 2 aromatic rings. The molecular formula is C16H17NO3S. The fourth-order valence-corrected chi connectivity index (χ4v) is 3.49. The number of para-hydroxylation sites is 1. The monoisotopic (exact) mass is 303 g/mol. The first-order valence-electron chi connectivity index (χ1n) is 6.84. The van der Waals surface area contributed by atoms with Gasteiger partial charge >= 0.3 is 0 Å². The lowest BCUT2D eigenvalue weighted by atomic mass is 10.0. The third-order valence-corrected chi connectivity index (χ3v) is 5.09. The summed E-state index contributed by atoms with van der Waals surface area (Å²) in [6.45, 7) is 2.78. The van der Waals surface area contributed by atoms with Gasteiger partial charge in [-0.15, -0.1) is 0 Å². The van der Waals surface area contributed by atoms with E-state index in [4.69, 9.17) is 4.74 Å². The van der Waals surface area contributed by atoms with Crippen molar-refractivity contribution in [2.45, 2.75) is 17.7 Å². The predicted octanol–water partition coefficient (Wildman–Crippen LogP) is 2.45. The minimum Gasteiger partial charge on any atom is -0.493 e. The number of aryl methyl sites for hydroxylation is 1. The van der Waals surface area contributed by atoms with Crippen molar-refractivity contribution < 1.29 is 13.2 Å². The van der Waals surface area contributed by atoms with Gasteiger partial charge in [0.2, 0.25) is 10.0 Å². The van der Waals surface area contributed by atoms with Gasteiger partial charge < -0.3 is 4.74 Å². The summed E-state index contributed by atoms with van der Waals surface area (Å²) in [6, 6.07) is 14.6. The van der Waals surface area contributed by atoms with Gasteiger partial charge in [-0.25, -0.2) is 13.1 Å². The van der Waals surface area contributed by atoms with Gasteiger partial charge in [-0.3, -0.25) is 0 Å². The second-order valence-corrected chi connectivity index (χ2v) is 6.98. The molecule has 5 heteroatoms. The highest BCUT2D eigenvalue weighted by Gasteiger charge is 2.25. The van der Waals surface area contributed by atoms with Gasteiger partial charge in [0.05, 0.1) is 11.5 Å². The summed E-state index contributed by atoms with van der Waals surface area (Å²) in [7, 11) is -3.47. The first-order valence-corrected chi connectivity index (χ1v) is 8.32. The molecule has 0 spiro atoms. The number of benzene rings is 2. The highest BCUT2D eigenvalue weighted by atomic mass is 32.2. The number of rotatable bonds is 4. The lowest BCUT2D eigenvalue weighted by Crippen LogP contribution is -2.29. The van der Waals surface area contributed by atoms with Crippen LogP contribution in [0.1, 0.15) is 17.0 Å².